The van der Waals surface area contributed by atoms with Crippen molar-refractivity contribution in [3.8, 4) is 16.3 Å². The van der Waals surface area contributed by atoms with Crippen LogP contribution in [0.2, 0.25) is 0 Å². The van der Waals surface area contributed by atoms with E-state index in [0.717, 1.165) is 16.3 Å². The van der Waals surface area contributed by atoms with Gasteiger partial charge < -0.3 is 5.11 Å². The van der Waals surface area contributed by atoms with Gasteiger partial charge in [0.1, 0.15) is 11.4 Å². The molecular weight excluding hydrogens is 258 g/mol. The third-order valence-corrected chi connectivity index (χ3v) is 3.80. The highest BCUT2D eigenvalue weighted by Gasteiger charge is 2.16. The summed E-state index contributed by atoms with van der Waals surface area (Å²) in [6, 6.07) is 12.1. The first-order valence-corrected chi connectivity index (χ1v) is 6.84. The summed E-state index contributed by atoms with van der Waals surface area (Å²) in [5.74, 6) is 0. The third-order valence-electron chi connectivity index (χ3n) is 2.92. The van der Waals surface area contributed by atoms with Crippen LogP contribution in [0.15, 0.2) is 41.8 Å². The van der Waals surface area contributed by atoms with E-state index >= 15 is 0 Å². The van der Waals surface area contributed by atoms with E-state index in [4.69, 9.17) is 0 Å². The van der Waals surface area contributed by atoms with Crippen molar-refractivity contribution >= 4 is 11.3 Å². The predicted octanol–water partition coefficient (Wildman–Crippen LogP) is 2.80. The molecule has 3 aromatic rings. The number of aliphatic hydroxyl groups excluding tert-OH is 1. The van der Waals surface area contributed by atoms with E-state index in [0.29, 0.717) is 5.69 Å². The smallest absolute Gasteiger partial charge is 0.117 e. The van der Waals surface area contributed by atoms with Crippen molar-refractivity contribution in [2.24, 2.45) is 0 Å². The Labute approximate surface area is 115 Å². The lowest BCUT2D eigenvalue weighted by Crippen LogP contribution is -1.99. The molecule has 4 nitrogen and oxygen atoms in total. The van der Waals surface area contributed by atoms with Crippen LogP contribution in [0.1, 0.15) is 11.3 Å². The number of rotatable bonds is 3. The van der Waals surface area contributed by atoms with Gasteiger partial charge in [-0.05, 0) is 30.5 Å². The molecule has 2 aromatic heterocycles. The molecular formula is C14H13N3OS. The van der Waals surface area contributed by atoms with Crippen molar-refractivity contribution in [2.45, 2.75) is 13.5 Å². The van der Waals surface area contributed by atoms with Crippen LogP contribution in [0, 0.1) is 6.92 Å². The lowest BCUT2D eigenvalue weighted by Gasteiger charge is -2.06. The lowest BCUT2D eigenvalue weighted by atomic mass is 10.2. The average Bonchev–Trinajstić information content (AvgIpc) is 3.07. The molecule has 0 unspecified atom stereocenters. The van der Waals surface area contributed by atoms with Gasteiger partial charge in [0, 0.05) is 0 Å². The van der Waals surface area contributed by atoms with E-state index in [2.05, 4.69) is 10.3 Å². The summed E-state index contributed by atoms with van der Waals surface area (Å²) in [6.45, 7) is 1.93. The van der Waals surface area contributed by atoms with Crippen LogP contribution in [-0.4, -0.2) is 20.1 Å². The van der Waals surface area contributed by atoms with E-state index in [1.165, 1.54) is 5.56 Å². The van der Waals surface area contributed by atoms with Gasteiger partial charge in [0.15, 0.2) is 0 Å². The summed E-state index contributed by atoms with van der Waals surface area (Å²) in [5.41, 5.74) is 3.61. The SMILES string of the molecule is Cc1ccc(-n2nnc(CO)c2-c2cccs2)cc1. The first kappa shape index (κ1) is 12.1. The highest BCUT2D eigenvalue weighted by molar-refractivity contribution is 7.13. The van der Waals surface area contributed by atoms with Crippen molar-refractivity contribution < 1.29 is 5.11 Å². The fourth-order valence-corrected chi connectivity index (χ4v) is 2.72. The molecule has 5 heteroatoms. The number of aromatic nitrogens is 3. The summed E-state index contributed by atoms with van der Waals surface area (Å²) >= 11 is 1.61. The van der Waals surface area contributed by atoms with Crippen LogP contribution < -0.4 is 0 Å². The highest BCUT2D eigenvalue weighted by Crippen LogP contribution is 2.29. The van der Waals surface area contributed by atoms with Gasteiger partial charge in [-0.25, -0.2) is 4.68 Å². The topological polar surface area (TPSA) is 50.9 Å². The monoisotopic (exact) mass is 271 g/mol. The Morgan fingerprint density at radius 3 is 2.63 bits per heavy atom. The second kappa shape index (κ2) is 4.95. The summed E-state index contributed by atoms with van der Waals surface area (Å²) in [7, 11) is 0. The lowest BCUT2D eigenvalue weighted by molar-refractivity contribution is 0.277. The number of thiophene rings is 1. The largest absolute Gasteiger partial charge is 0.390 e. The van der Waals surface area contributed by atoms with Crippen LogP contribution >= 0.6 is 11.3 Å². The highest BCUT2D eigenvalue weighted by atomic mass is 32.1. The second-order valence-electron chi connectivity index (χ2n) is 4.27. The molecule has 0 aliphatic carbocycles. The first-order valence-electron chi connectivity index (χ1n) is 5.96. The van der Waals surface area contributed by atoms with Gasteiger partial charge in [-0.1, -0.05) is 29.0 Å². The molecule has 19 heavy (non-hydrogen) atoms. The van der Waals surface area contributed by atoms with E-state index in [9.17, 15) is 5.11 Å². The number of hydrogen-bond donors (Lipinski definition) is 1. The maximum absolute atomic E-state index is 9.41. The quantitative estimate of drug-likeness (QED) is 0.797. The van der Waals surface area contributed by atoms with Crippen LogP contribution in [-0.2, 0) is 6.61 Å². The van der Waals surface area contributed by atoms with Crippen LogP contribution in [0.25, 0.3) is 16.3 Å². The van der Waals surface area contributed by atoms with E-state index in [-0.39, 0.29) is 6.61 Å². The minimum atomic E-state index is -0.112. The number of benzene rings is 1. The van der Waals surface area contributed by atoms with Crippen molar-refractivity contribution in [1.29, 1.82) is 0 Å². The zero-order valence-electron chi connectivity index (χ0n) is 10.4. The Morgan fingerprint density at radius 2 is 2.00 bits per heavy atom. The molecule has 0 radical (unpaired) electrons. The molecule has 1 N–H and O–H groups in total. The van der Waals surface area contributed by atoms with Crippen molar-refractivity contribution in [1.82, 2.24) is 15.0 Å². The Balaban J connectivity index is 2.17. The Hall–Kier alpha value is -1.98. The maximum Gasteiger partial charge on any atom is 0.117 e. The molecule has 0 aliphatic heterocycles. The van der Waals surface area contributed by atoms with Crippen LogP contribution in [0.5, 0.6) is 0 Å². The summed E-state index contributed by atoms with van der Waals surface area (Å²) < 4.78 is 1.77. The summed E-state index contributed by atoms with van der Waals surface area (Å²) in [6.07, 6.45) is 0. The Bertz CT molecular complexity index is 671. The molecule has 0 saturated heterocycles. The van der Waals surface area contributed by atoms with Gasteiger partial charge in [-0.15, -0.1) is 16.4 Å². The standard InChI is InChI=1S/C14H13N3OS/c1-10-4-6-11(7-5-10)17-14(12(9-18)15-16-17)13-3-2-8-19-13/h2-8,18H,9H2,1H3. The summed E-state index contributed by atoms with van der Waals surface area (Å²) in [4.78, 5) is 1.05. The van der Waals surface area contributed by atoms with Crippen LogP contribution in [0.4, 0.5) is 0 Å². The Morgan fingerprint density at radius 1 is 1.21 bits per heavy atom. The average molecular weight is 271 g/mol. The molecule has 1 aromatic carbocycles. The van der Waals surface area contributed by atoms with Crippen molar-refractivity contribution in [3.05, 3.63) is 53.0 Å². The minimum absolute atomic E-state index is 0.112. The van der Waals surface area contributed by atoms with E-state index in [1.807, 2.05) is 48.7 Å². The van der Waals surface area contributed by atoms with Gasteiger partial charge in [-0.2, -0.15) is 0 Å². The Kier molecular flexibility index (Phi) is 3.15. The number of nitrogens with zero attached hydrogens (tertiary/aromatic N) is 3. The molecule has 2 heterocycles. The van der Waals surface area contributed by atoms with Gasteiger partial charge in [0.2, 0.25) is 0 Å². The molecule has 0 aliphatic rings. The molecule has 0 fully saturated rings. The first-order chi connectivity index (χ1) is 9.29. The van der Waals surface area contributed by atoms with Crippen molar-refractivity contribution in [2.75, 3.05) is 0 Å². The zero-order chi connectivity index (χ0) is 13.2. The normalized spacial score (nSPS) is 10.8. The van der Waals surface area contributed by atoms with Gasteiger partial charge >= 0.3 is 0 Å². The molecule has 0 spiro atoms. The van der Waals surface area contributed by atoms with Gasteiger partial charge in [0.25, 0.3) is 0 Å². The molecule has 96 valence electrons. The molecule has 0 saturated carbocycles. The summed E-state index contributed by atoms with van der Waals surface area (Å²) in [5, 5.41) is 19.6. The van der Waals surface area contributed by atoms with Crippen molar-refractivity contribution in [3.63, 3.8) is 0 Å². The molecule has 0 amide bonds. The second-order valence-corrected chi connectivity index (χ2v) is 5.22. The number of aliphatic hydroxyl groups is 1. The zero-order valence-corrected chi connectivity index (χ0v) is 11.3. The number of hydrogen-bond acceptors (Lipinski definition) is 4. The molecule has 0 bridgehead atoms. The molecule has 0 atom stereocenters. The third kappa shape index (κ3) is 2.18. The van der Waals surface area contributed by atoms with Crippen LogP contribution in [0.3, 0.4) is 0 Å². The van der Waals surface area contributed by atoms with E-state index < -0.39 is 0 Å². The maximum atomic E-state index is 9.41. The van der Waals surface area contributed by atoms with E-state index in [1.54, 1.807) is 16.0 Å². The minimum Gasteiger partial charge on any atom is -0.390 e. The molecule has 3 rings (SSSR count). The predicted molar refractivity (Wildman–Crippen MR) is 75.3 cm³/mol. The van der Waals surface area contributed by atoms with Gasteiger partial charge in [0.05, 0.1) is 17.2 Å². The fraction of sp³-hybridized carbons (Fsp3) is 0.143. The number of aryl methyl sites for hydroxylation is 1. The fourth-order valence-electron chi connectivity index (χ4n) is 1.95. The van der Waals surface area contributed by atoms with Gasteiger partial charge in [-0.3, -0.25) is 0 Å².